The minimum Gasteiger partial charge on any atom is -0.380 e. The molecule has 1 aromatic carbocycles. The molecule has 0 fully saturated rings. The van der Waals surface area contributed by atoms with Crippen LogP contribution in [-0.2, 0) is 4.74 Å². The lowest BCUT2D eigenvalue weighted by atomic mass is 10.0. The van der Waals surface area contributed by atoms with Crippen molar-refractivity contribution in [2.45, 2.75) is 26.8 Å². The number of hydrogen-bond acceptors (Lipinski definition) is 4. The largest absolute Gasteiger partial charge is 0.380 e. The highest BCUT2D eigenvalue weighted by molar-refractivity contribution is 5.95. The van der Waals surface area contributed by atoms with Crippen molar-refractivity contribution >= 4 is 11.6 Å². The predicted molar refractivity (Wildman–Crippen MR) is 75.6 cm³/mol. The second kappa shape index (κ2) is 7.68. The van der Waals surface area contributed by atoms with E-state index in [1.165, 1.54) is 0 Å². The number of amides is 1. The first-order valence-electron chi connectivity index (χ1n) is 6.69. The van der Waals surface area contributed by atoms with Crippen LogP contribution in [0.2, 0.25) is 0 Å². The number of non-ortho nitro benzene ring substituents is 1. The number of nitro benzene ring substituents is 1. The molecule has 1 N–H and O–H groups in total. The molecule has 1 atom stereocenters. The van der Waals surface area contributed by atoms with Crippen LogP contribution >= 0.6 is 0 Å². The lowest BCUT2D eigenvalue weighted by Gasteiger charge is -2.22. The minimum atomic E-state index is -0.794. The average Bonchev–Trinajstić information content (AvgIpc) is 2.42. The highest BCUT2D eigenvalue weighted by atomic mass is 19.1. The lowest BCUT2D eigenvalue weighted by molar-refractivity contribution is -0.384. The van der Waals surface area contributed by atoms with Crippen molar-refractivity contribution in [1.82, 2.24) is 5.32 Å². The van der Waals surface area contributed by atoms with Crippen molar-refractivity contribution < 1.29 is 18.8 Å². The van der Waals surface area contributed by atoms with Gasteiger partial charge >= 0.3 is 0 Å². The smallest absolute Gasteiger partial charge is 0.270 e. The molecule has 7 heteroatoms. The number of nitrogens with one attached hydrogen (secondary N) is 1. The van der Waals surface area contributed by atoms with Gasteiger partial charge in [-0.1, -0.05) is 13.8 Å². The van der Waals surface area contributed by atoms with E-state index >= 15 is 0 Å². The summed E-state index contributed by atoms with van der Waals surface area (Å²) in [6, 6.07) is 2.57. The fourth-order valence-corrected chi connectivity index (χ4v) is 1.69. The molecular formula is C14H19FN2O4. The molecule has 0 aromatic heterocycles. The van der Waals surface area contributed by atoms with Gasteiger partial charge in [0.2, 0.25) is 0 Å². The predicted octanol–water partition coefficient (Wildman–Crippen LogP) is 2.52. The van der Waals surface area contributed by atoms with E-state index in [2.05, 4.69) is 5.32 Å². The summed E-state index contributed by atoms with van der Waals surface area (Å²) >= 11 is 0. The van der Waals surface area contributed by atoms with Gasteiger partial charge in [0.1, 0.15) is 5.82 Å². The molecule has 0 spiro atoms. The molecule has 1 aromatic rings. The number of carbonyl (C=O) groups is 1. The third kappa shape index (κ3) is 4.78. The first-order valence-corrected chi connectivity index (χ1v) is 6.69. The molecule has 0 radical (unpaired) electrons. The quantitative estimate of drug-likeness (QED) is 0.619. The zero-order valence-electron chi connectivity index (χ0n) is 12.3. The van der Waals surface area contributed by atoms with Gasteiger partial charge in [-0.3, -0.25) is 14.9 Å². The van der Waals surface area contributed by atoms with Crippen molar-refractivity contribution in [3.63, 3.8) is 0 Å². The van der Waals surface area contributed by atoms with Gasteiger partial charge in [-0.25, -0.2) is 4.39 Å². The first kappa shape index (κ1) is 17.0. The van der Waals surface area contributed by atoms with E-state index in [9.17, 15) is 19.3 Å². The van der Waals surface area contributed by atoms with Crippen molar-refractivity contribution in [2.24, 2.45) is 5.92 Å². The van der Waals surface area contributed by atoms with E-state index in [4.69, 9.17) is 4.74 Å². The summed E-state index contributed by atoms with van der Waals surface area (Å²) in [6.45, 7) is 6.43. The highest BCUT2D eigenvalue weighted by Gasteiger charge is 2.21. The summed E-state index contributed by atoms with van der Waals surface area (Å²) in [5.41, 5.74) is -0.668. The van der Waals surface area contributed by atoms with Gasteiger partial charge in [0.15, 0.2) is 0 Å². The Labute approximate surface area is 122 Å². The van der Waals surface area contributed by atoms with Crippen LogP contribution in [0.3, 0.4) is 0 Å². The molecule has 21 heavy (non-hydrogen) atoms. The number of halogens is 1. The van der Waals surface area contributed by atoms with Crippen LogP contribution in [0.4, 0.5) is 10.1 Å². The number of carbonyl (C=O) groups excluding carboxylic acids is 1. The van der Waals surface area contributed by atoms with E-state index in [1.807, 2.05) is 20.8 Å². The molecule has 0 aliphatic heterocycles. The Kier molecular flexibility index (Phi) is 6.23. The number of benzene rings is 1. The number of ether oxygens (including phenoxy) is 1. The summed E-state index contributed by atoms with van der Waals surface area (Å²) in [5, 5.41) is 13.3. The number of nitro groups is 1. The molecule has 6 nitrogen and oxygen atoms in total. The zero-order valence-corrected chi connectivity index (χ0v) is 12.3. The van der Waals surface area contributed by atoms with Gasteiger partial charge in [-0.05, 0) is 18.9 Å². The molecule has 1 rings (SSSR count). The number of hydrogen-bond donors (Lipinski definition) is 1. The number of nitrogens with zero attached hydrogens (tertiary/aromatic N) is 1. The molecule has 0 heterocycles. The van der Waals surface area contributed by atoms with Gasteiger partial charge in [-0.15, -0.1) is 0 Å². The first-order chi connectivity index (χ1) is 9.86. The van der Waals surface area contributed by atoms with Gasteiger partial charge < -0.3 is 10.1 Å². The normalized spacial score (nSPS) is 12.2. The van der Waals surface area contributed by atoms with Crippen LogP contribution < -0.4 is 5.32 Å². The minimum absolute atomic E-state index is 0.0854. The number of rotatable bonds is 7. The summed E-state index contributed by atoms with van der Waals surface area (Å²) < 4.78 is 18.9. The maximum Gasteiger partial charge on any atom is 0.270 e. The Morgan fingerprint density at radius 3 is 2.67 bits per heavy atom. The van der Waals surface area contributed by atoms with Gasteiger partial charge in [0, 0.05) is 18.7 Å². The monoisotopic (exact) mass is 298 g/mol. The van der Waals surface area contributed by atoms with Gasteiger partial charge in [-0.2, -0.15) is 0 Å². The highest BCUT2D eigenvalue weighted by Crippen LogP contribution is 2.17. The Bertz CT molecular complexity index is 520. The zero-order chi connectivity index (χ0) is 16.0. The maximum absolute atomic E-state index is 13.7. The summed E-state index contributed by atoms with van der Waals surface area (Å²) in [7, 11) is 0. The van der Waals surface area contributed by atoms with Crippen LogP contribution in [0.1, 0.15) is 31.1 Å². The van der Waals surface area contributed by atoms with E-state index in [0.717, 1.165) is 18.2 Å². The van der Waals surface area contributed by atoms with Crippen molar-refractivity contribution in [1.29, 1.82) is 0 Å². The molecule has 0 aliphatic rings. The second-order valence-electron chi connectivity index (χ2n) is 4.90. The van der Waals surface area contributed by atoms with Gasteiger partial charge in [0.05, 0.1) is 23.1 Å². The standard InChI is InChI=1S/C14H19FN2O4/c1-4-21-8-13(9(2)3)16-14(18)11-7-10(17(19)20)5-6-12(11)15/h5-7,9,13H,4,8H2,1-3H3,(H,16,18). The maximum atomic E-state index is 13.7. The fourth-order valence-electron chi connectivity index (χ4n) is 1.69. The molecular weight excluding hydrogens is 279 g/mol. The molecule has 1 amide bonds. The third-order valence-electron chi connectivity index (χ3n) is 3.03. The van der Waals surface area contributed by atoms with Crippen molar-refractivity contribution in [3.8, 4) is 0 Å². The van der Waals surface area contributed by atoms with E-state index < -0.39 is 16.6 Å². The Hall–Kier alpha value is -2.02. The second-order valence-corrected chi connectivity index (χ2v) is 4.90. The van der Waals surface area contributed by atoms with Crippen LogP contribution in [0.15, 0.2) is 18.2 Å². The fraction of sp³-hybridized carbons (Fsp3) is 0.500. The SMILES string of the molecule is CCOCC(NC(=O)c1cc([N+](=O)[O-])ccc1F)C(C)C. The summed E-state index contributed by atoms with van der Waals surface area (Å²) in [6.07, 6.45) is 0. The van der Waals surface area contributed by atoms with Crippen molar-refractivity contribution in [3.05, 3.63) is 39.7 Å². The Balaban J connectivity index is 2.91. The van der Waals surface area contributed by atoms with Crippen LogP contribution in [0.5, 0.6) is 0 Å². The van der Waals surface area contributed by atoms with E-state index in [-0.39, 0.29) is 23.2 Å². The molecule has 0 saturated heterocycles. The van der Waals surface area contributed by atoms with E-state index in [1.54, 1.807) is 0 Å². The molecule has 0 aliphatic carbocycles. The van der Waals surface area contributed by atoms with E-state index in [0.29, 0.717) is 13.2 Å². The van der Waals surface area contributed by atoms with Crippen LogP contribution in [0.25, 0.3) is 0 Å². The Morgan fingerprint density at radius 1 is 1.48 bits per heavy atom. The molecule has 0 saturated carbocycles. The summed E-state index contributed by atoms with van der Waals surface area (Å²) in [4.78, 5) is 22.1. The van der Waals surface area contributed by atoms with Crippen LogP contribution in [0, 0.1) is 21.8 Å². The average molecular weight is 298 g/mol. The lowest BCUT2D eigenvalue weighted by Crippen LogP contribution is -2.42. The molecule has 0 bridgehead atoms. The molecule has 116 valence electrons. The summed E-state index contributed by atoms with van der Waals surface area (Å²) in [5.74, 6) is -1.39. The topological polar surface area (TPSA) is 81.5 Å². The van der Waals surface area contributed by atoms with Gasteiger partial charge in [0.25, 0.3) is 11.6 Å². The third-order valence-corrected chi connectivity index (χ3v) is 3.03. The van der Waals surface area contributed by atoms with Crippen molar-refractivity contribution in [2.75, 3.05) is 13.2 Å². The molecule has 1 unspecified atom stereocenters. The Morgan fingerprint density at radius 2 is 2.14 bits per heavy atom. The van der Waals surface area contributed by atoms with Crippen LogP contribution in [-0.4, -0.2) is 30.1 Å².